The van der Waals surface area contributed by atoms with Crippen molar-refractivity contribution < 1.29 is 37.8 Å². The van der Waals surface area contributed by atoms with Gasteiger partial charge in [-0.1, -0.05) is 36.4 Å². The minimum Gasteiger partial charge on any atom is -0.482 e. The van der Waals surface area contributed by atoms with Crippen molar-refractivity contribution in [1.82, 2.24) is 5.32 Å². The highest BCUT2D eigenvalue weighted by Gasteiger charge is 2.58. The van der Waals surface area contributed by atoms with Crippen LogP contribution < -0.4 is 10.1 Å². The van der Waals surface area contributed by atoms with E-state index in [1.54, 1.807) is 81.4 Å². The van der Waals surface area contributed by atoms with E-state index in [0.29, 0.717) is 5.56 Å². The van der Waals surface area contributed by atoms with Crippen LogP contribution in [0, 0.1) is 10.1 Å². The van der Waals surface area contributed by atoms with Crippen molar-refractivity contribution in [2.24, 2.45) is 0 Å². The molecule has 238 valence electrons. The van der Waals surface area contributed by atoms with Crippen molar-refractivity contribution in [2.45, 2.75) is 117 Å². The van der Waals surface area contributed by atoms with E-state index >= 15 is 0 Å². The molecule has 2 rings (SSSR count). The van der Waals surface area contributed by atoms with Crippen LogP contribution in [0.1, 0.15) is 86.8 Å². The summed E-state index contributed by atoms with van der Waals surface area (Å²) < 4.78 is 41.7. The lowest BCUT2D eigenvalue weighted by molar-refractivity contribution is -0.423. The summed E-state index contributed by atoms with van der Waals surface area (Å²) in [5.74, 6) is -1.95. The first-order valence-corrected chi connectivity index (χ1v) is 14.8. The van der Waals surface area contributed by atoms with Crippen molar-refractivity contribution in [3.8, 4) is 5.75 Å². The molecule has 0 unspecified atom stereocenters. The van der Waals surface area contributed by atoms with Crippen LogP contribution in [0.3, 0.4) is 0 Å². The minimum atomic E-state index is -2.08. The maximum Gasteiger partial charge on any atom is 0.408 e. The number of rotatable bonds is 13. The molecule has 0 bridgehead atoms. The molecule has 0 saturated heterocycles. The molecule has 0 fully saturated rings. The number of hydrogen-bond donors (Lipinski definition) is 1. The van der Waals surface area contributed by atoms with Gasteiger partial charge in [0.05, 0.1) is 16.1 Å². The SMILES string of the molecule is CC(C)(C)OC(=O)N[C@](C)(CCc1ccc(OCc2ccccc2)c([N+](=O)[O-])c1)C(OP=O)(OC(C)(C)C)OC(C)(C)C. The molecule has 0 radical (unpaired) electrons. The van der Waals surface area contributed by atoms with Gasteiger partial charge in [-0.2, -0.15) is 0 Å². The monoisotopic (exact) mass is 620 g/mol. The van der Waals surface area contributed by atoms with Crippen LogP contribution in [0.25, 0.3) is 0 Å². The van der Waals surface area contributed by atoms with Gasteiger partial charge < -0.3 is 24.3 Å². The summed E-state index contributed by atoms with van der Waals surface area (Å²) in [5, 5.41) is 14.8. The molecule has 0 aliphatic rings. The number of benzene rings is 2. The van der Waals surface area contributed by atoms with E-state index in [4.69, 9.17) is 23.5 Å². The average molecular weight is 621 g/mol. The molecule has 0 spiro atoms. The second-order valence-electron chi connectivity index (χ2n) is 13.4. The van der Waals surface area contributed by atoms with Crippen molar-refractivity contribution in [3.05, 3.63) is 69.8 Å². The molecule has 0 heterocycles. The molecular weight excluding hydrogens is 575 g/mol. The van der Waals surface area contributed by atoms with Crippen molar-refractivity contribution in [1.29, 1.82) is 0 Å². The van der Waals surface area contributed by atoms with Gasteiger partial charge in [0.1, 0.15) is 17.7 Å². The minimum absolute atomic E-state index is 0.0787. The summed E-state index contributed by atoms with van der Waals surface area (Å²) in [6.07, 6.45) is -0.500. The van der Waals surface area contributed by atoms with Gasteiger partial charge >= 0.3 is 26.4 Å². The number of nitrogens with one attached hydrogen (secondary N) is 1. The Morgan fingerprint density at radius 1 is 0.860 bits per heavy atom. The number of hydrogen-bond acceptors (Lipinski definition) is 9. The zero-order chi connectivity index (χ0) is 32.7. The summed E-state index contributed by atoms with van der Waals surface area (Å²) in [6, 6.07) is 14.0. The summed E-state index contributed by atoms with van der Waals surface area (Å²) in [7, 11) is -0.756. The fourth-order valence-corrected chi connectivity index (χ4v) is 4.55. The lowest BCUT2D eigenvalue weighted by Crippen LogP contribution is -2.69. The smallest absolute Gasteiger partial charge is 0.408 e. The van der Waals surface area contributed by atoms with Crippen LogP contribution in [0.2, 0.25) is 0 Å². The standard InChI is InChI=1S/C31H45N2O9P/c1-27(2,3)39-26(34)32-30(10,31(42-43-37,40-28(4,5)6)41-29(7,8)9)19-18-22-16-17-25(24(20-22)33(35)36)38-21-23-14-12-11-13-15-23/h11-17,20H,18-19,21H2,1-10H3,(H,32,34)/t30-/m1/s1. The van der Waals surface area contributed by atoms with E-state index in [9.17, 15) is 19.5 Å². The molecular formula is C31H45N2O9P. The zero-order valence-electron chi connectivity index (χ0n) is 26.8. The molecule has 1 amide bonds. The lowest BCUT2D eigenvalue weighted by atomic mass is 9.89. The van der Waals surface area contributed by atoms with Gasteiger partial charge in [-0.15, -0.1) is 0 Å². The maximum atomic E-state index is 13.2. The second kappa shape index (κ2) is 14.1. The molecule has 0 saturated carbocycles. The molecule has 2 aromatic carbocycles. The number of carbonyl (C=O) groups excluding carboxylic acids is 1. The number of nitro benzene ring substituents is 1. The number of alkyl carbamates (subject to hydrolysis) is 1. The van der Waals surface area contributed by atoms with Crippen LogP contribution >= 0.6 is 8.69 Å². The van der Waals surface area contributed by atoms with Gasteiger partial charge in [0.25, 0.3) is 0 Å². The highest BCUT2D eigenvalue weighted by atomic mass is 31.1. The van der Waals surface area contributed by atoms with Gasteiger partial charge in [-0.25, -0.2) is 13.9 Å². The molecule has 0 aliphatic heterocycles. The number of nitro groups is 1. The zero-order valence-corrected chi connectivity index (χ0v) is 27.7. The van der Waals surface area contributed by atoms with Crippen molar-refractivity contribution >= 4 is 20.5 Å². The Labute approximate surface area is 256 Å². The van der Waals surface area contributed by atoms with E-state index in [0.717, 1.165) is 5.56 Å². The quantitative estimate of drug-likeness (QED) is 0.103. The first-order chi connectivity index (χ1) is 19.7. The largest absolute Gasteiger partial charge is 0.482 e. The van der Waals surface area contributed by atoms with Crippen LogP contribution in [-0.4, -0.2) is 39.3 Å². The first-order valence-electron chi connectivity index (χ1n) is 14.0. The van der Waals surface area contributed by atoms with Crippen molar-refractivity contribution in [3.63, 3.8) is 0 Å². The fourth-order valence-electron chi connectivity index (χ4n) is 4.17. The number of aryl methyl sites for hydroxylation is 1. The van der Waals surface area contributed by atoms with Crippen LogP contribution in [-0.2, 0) is 36.3 Å². The van der Waals surface area contributed by atoms with Gasteiger partial charge in [0, 0.05) is 6.07 Å². The number of amides is 1. The predicted octanol–water partition coefficient (Wildman–Crippen LogP) is 7.90. The summed E-state index contributed by atoms with van der Waals surface area (Å²) in [5.41, 5.74) is -2.87. The summed E-state index contributed by atoms with van der Waals surface area (Å²) in [6.45, 7) is 17.6. The van der Waals surface area contributed by atoms with Crippen LogP contribution in [0.4, 0.5) is 10.5 Å². The molecule has 0 aliphatic carbocycles. The Morgan fingerprint density at radius 3 is 1.93 bits per heavy atom. The summed E-state index contributed by atoms with van der Waals surface area (Å²) in [4.78, 5) is 24.6. The Morgan fingerprint density at radius 2 is 1.44 bits per heavy atom. The summed E-state index contributed by atoms with van der Waals surface area (Å²) >= 11 is 0. The molecule has 1 atom stereocenters. The van der Waals surface area contributed by atoms with Crippen molar-refractivity contribution in [2.75, 3.05) is 0 Å². The number of nitrogens with zero attached hydrogens (tertiary/aromatic N) is 1. The van der Waals surface area contributed by atoms with Crippen LogP contribution in [0.5, 0.6) is 5.75 Å². The van der Waals surface area contributed by atoms with Gasteiger partial charge in [-0.05, 0) is 99.3 Å². The first kappa shape index (κ1) is 36.1. The molecule has 1 N–H and O–H groups in total. The Bertz CT molecular complexity index is 1230. The van der Waals surface area contributed by atoms with E-state index in [2.05, 4.69) is 5.32 Å². The fraction of sp³-hybridized carbons (Fsp3) is 0.581. The highest BCUT2D eigenvalue weighted by Crippen LogP contribution is 2.42. The van der Waals surface area contributed by atoms with Gasteiger partial charge in [-0.3, -0.25) is 10.1 Å². The van der Waals surface area contributed by atoms with E-state index < -0.39 is 48.0 Å². The molecule has 2 aromatic rings. The Kier molecular flexibility index (Phi) is 11.8. The molecule has 0 aromatic heterocycles. The van der Waals surface area contributed by atoms with E-state index in [1.807, 2.05) is 30.3 Å². The van der Waals surface area contributed by atoms with Gasteiger partial charge in [0.15, 0.2) is 5.75 Å². The molecule has 12 heteroatoms. The topological polar surface area (TPSA) is 135 Å². The van der Waals surface area contributed by atoms with E-state index in [-0.39, 0.29) is 30.9 Å². The van der Waals surface area contributed by atoms with Gasteiger partial charge in [0.2, 0.25) is 0 Å². The third-order valence-corrected chi connectivity index (χ3v) is 6.18. The third-order valence-electron chi connectivity index (χ3n) is 5.86. The second-order valence-corrected chi connectivity index (χ2v) is 13.8. The maximum absolute atomic E-state index is 13.2. The number of ether oxygens (including phenoxy) is 4. The predicted molar refractivity (Wildman–Crippen MR) is 163 cm³/mol. The van der Waals surface area contributed by atoms with E-state index in [1.165, 1.54) is 6.07 Å². The highest BCUT2D eigenvalue weighted by molar-refractivity contribution is 7.17. The average Bonchev–Trinajstić information content (AvgIpc) is 2.84. The molecule has 11 nitrogen and oxygen atoms in total. The Hall–Kier alpha value is -3.11. The lowest BCUT2D eigenvalue weighted by Gasteiger charge is -2.50. The number of carbonyl (C=O) groups is 1. The normalized spacial score (nSPS) is 14.2. The molecule has 43 heavy (non-hydrogen) atoms. The van der Waals surface area contributed by atoms with Crippen LogP contribution in [0.15, 0.2) is 48.5 Å². The Balaban J connectivity index is 2.52. The third kappa shape index (κ3) is 11.5.